The van der Waals surface area contributed by atoms with Gasteiger partial charge >= 0.3 is 0 Å². The number of piperidine rings is 2. The average molecular weight is 829 g/mol. The predicted octanol–water partition coefficient (Wildman–Crippen LogP) is 2.84. The van der Waals surface area contributed by atoms with Crippen molar-refractivity contribution in [3.63, 3.8) is 0 Å². The summed E-state index contributed by atoms with van der Waals surface area (Å²) >= 11 is 3.44. The molecule has 7 rings (SSSR count). The number of carbonyl (C=O) groups is 3. The number of aliphatic hydroxyl groups is 1. The Morgan fingerprint density at radius 2 is 1.72 bits per heavy atom. The minimum absolute atomic E-state index is 0.0223. The molecule has 290 valence electrons. The number of aliphatic hydroxyl groups excluding tert-OH is 1. The van der Waals surface area contributed by atoms with Gasteiger partial charge in [-0.3, -0.25) is 29.3 Å². The van der Waals surface area contributed by atoms with Crippen molar-refractivity contribution in [2.24, 2.45) is 12.8 Å². The van der Waals surface area contributed by atoms with E-state index >= 15 is 0 Å². The molecule has 2 atom stereocenters. The summed E-state index contributed by atoms with van der Waals surface area (Å²) < 4.78 is 31.4. The summed E-state index contributed by atoms with van der Waals surface area (Å²) in [6, 6.07) is 5.32. The maximum Gasteiger partial charge on any atom is 0.269 e. The summed E-state index contributed by atoms with van der Waals surface area (Å²) in [6.07, 6.45) is 8.31. The molecule has 1 aliphatic carbocycles. The molecule has 54 heavy (non-hydrogen) atoms. The lowest BCUT2D eigenvalue weighted by molar-refractivity contribution is -0.141. The van der Waals surface area contributed by atoms with Gasteiger partial charge < -0.3 is 26.8 Å². The van der Waals surface area contributed by atoms with Gasteiger partial charge in [0.1, 0.15) is 17.7 Å². The Bertz CT molecular complexity index is 2010. The van der Waals surface area contributed by atoms with Gasteiger partial charge in [0, 0.05) is 62.6 Å². The number of hydrogen-bond donors (Lipinski definition) is 6. The number of halogens is 1. The second-order valence-electron chi connectivity index (χ2n) is 14.5. The summed E-state index contributed by atoms with van der Waals surface area (Å²) in [4.78, 5) is 46.9. The second-order valence-corrected chi connectivity index (χ2v) is 17.6. The fourth-order valence-corrected chi connectivity index (χ4v) is 10.5. The molecule has 1 saturated carbocycles. The van der Waals surface area contributed by atoms with Gasteiger partial charge in [-0.1, -0.05) is 25.0 Å². The van der Waals surface area contributed by atoms with Crippen molar-refractivity contribution in [1.29, 1.82) is 0 Å². The highest BCUT2D eigenvalue weighted by atomic mass is 79.9. The average Bonchev–Trinajstić information content (AvgIpc) is 3.66. The smallest absolute Gasteiger partial charge is 0.269 e. The van der Waals surface area contributed by atoms with E-state index in [4.69, 9.17) is 5.73 Å². The van der Waals surface area contributed by atoms with Gasteiger partial charge in [0.2, 0.25) is 27.8 Å². The molecule has 0 bridgehead atoms. The van der Waals surface area contributed by atoms with Crippen molar-refractivity contribution in [3.8, 4) is 0 Å². The molecule has 0 spiro atoms. The van der Waals surface area contributed by atoms with Gasteiger partial charge in [-0.15, -0.1) is 0 Å². The minimum Gasteiger partial charge on any atom is -0.382 e. The number of nitrogens with two attached hydrogens (primary N) is 1. The van der Waals surface area contributed by atoms with Gasteiger partial charge in [0.15, 0.2) is 0 Å². The number of benzene rings is 1. The van der Waals surface area contributed by atoms with Crippen LogP contribution in [-0.2, 0) is 33.2 Å². The quantitative estimate of drug-likeness (QED) is 0.162. The third kappa shape index (κ3) is 7.95. The molecule has 3 aromatic rings. The van der Waals surface area contributed by atoms with Crippen LogP contribution in [-0.4, -0.2) is 96.7 Å². The zero-order valence-electron chi connectivity index (χ0n) is 30.0. The van der Waals surface area contributed by atoms with Gasteiger partial charge in [0.25, 0.3) is 5.91 Å². The summed E-state index contributed by atoms with van der Waals surface area (Å²) in [7, 11) is -1.86. The molecule has 3 amide bonds. The van der Waals surface area contributed by atoms with Gasteiger partial charge in [-0.2, -0.15) is 10.1 Å². The second kappa shape index (κ2) is 15.9. The molecule has 2 saturated heterocycles. The minimum atomic E-state index is -3.49. The first-order valence-electron chi connectivity index (χ1n) is 18.4. The molecule has 7 N–H and O–H groups in total. The Kier molecular flexibility index (Phi) is 11.2. The van der Waals surface area contributed by atoms with Crippen LogP contribution in [0.3, 0.4) is 0 Å². The maximum atomic E-state index is 13.9. The summed E-state index contributed by atoms with van der Waals surface area (Å²) in [5.41, 5.74) is 8.76. The van der Waals surface area contributed by atoms with Gasteiger partial charge in [-0.25, -0.2) is 17.7 Å². The van der Waals surface area contributed by atoms with E-state index < -0.39 is 33.5 Å². The highest BCUT2D eigenvalue weighted by molar-refractivity contribution is 9.10. The van der Waals surface area contributed by atoms with Crippen molar-refractivity contribution in [3.05, 3.63) is 51.9 Å². The van der Waals surface area contributed by atoms with Gasteiger partial charge in [0.05, 0.1) is 27.6 Å². The van der Waals surface area contributed by atoms with Crippen LogP contribution in [0.4, 0.5) is 23.1 Å². The Balaban J connectivity index is 0.904. The van der Waals surface area contributed by atoms with Crippen LogP contribution in [0.1, 0.15) is 92.1 Å². The number of nitrogens with zero attached hydrogens (tertiary/aromatic N) is 6. The molecular formula is C35H46BrN11O6S. The first-order chi connectivity index (χ1) is 25.9. The van der Waals surface area contributed by atoms with E-state index in [1.165, 1.54) is 10.9 Å². The number of sulfonamides is 1. The predicted molar refractivity (Wildman–Crippen MR) is 204 cm³/mol. The summed E-state index contributed by atoms with van der Waals surface area (Å²) in [5, 5.41) is 27.3. The maximum absolute atomic E-state index is 13.9. The van der Waals surface area contributed by atoms with Crippen LogP contribution in [0.5, 0.6) is 0 Å². The highest BCUT2D eigenvalue weighted by Gasteiger charge is 2.41. The molecule has 17 nitrogen and oxygen atoms in total. The lowest BCUT2D eigenvalue weighted by atomic mass is 9.95. The number of anilines is 4. The largest absolute Gasteiger partial charge is 0.382 e. The van der Waals surface area contributed by atoms with Crippen LogP contribution in [0.25, 0.3) is 0 Å². The Morgan fingerprint density at radius 1 is 1.00 bits per heavy atom. The number of nitrogens with one attached hydrogen (secondary N) is 4. The number of aryl methyl sites for hydroxylation is 1. The molecule has 1 aromatic carbocycles. The zero-order chi connectivity index (χ0) is 38.1. The number of hydrogen-bond acceptors (Lipinski definition) is 13. The molecule has 4 aliphatic rings. The number of rotatable bonds is 10. The number of fused-ring (bicyclic) bond motifs is 1. The first kappa shape index (κ1) is 38.1. The Hall–Kier alpha value is -4.17. The Labute approximate surface area is 322 Å². The van der Waals surface area contributed by atoms with E-state index in [0.717, 1.165) is 42.5 Å². The molecule has 3 fully saturated rings. The third-order valence-electron chi connectivity index (χ3n) is 11.0. The molecule has 5 heterocycles. The molecule has 2 unspecified atom stereocenters. The summed E-state index contributed by atoms with van der Waals surface area (Å²) in [5.74, 6) is -0.491. The van der Waals surface area contributed by atoms with E-state index in [2.05, 4.69) is 52.3 Å². The van der Waals surface area contributed by atoms with Crippen LogP contribution >= 0.6 is 15.9 Å². The number of imide groups is 1. The number of aromatic nitrogens is 4. The third-order valence-corrected chi connectivity index (χ3v) is 14.0. The molecular weight excluding hydrogens is 782 g/mol. The fourth-order valence-electron chi connectivity index (χ4n) is 8.14. The zero-order valence-corrected chi connectivity index (χ0v) is 32.4. The molecule has 19 heteroatoms. The molecule has 0 radical (unpaired) electrons. The van der Waals surface area contributed by atoms with Crippen molar-refractivity contribution < 1.29 is 27.9 Å². The van der Waals surface area contributed by atoms with E-state index in [-0.39, 0.29) is 36.0 Å². The normalized spacial score (nSPS) is 24.6. The Morgan fingerprint density at radius 3 is 2.43 bits per heavy atom. The summed E-state index contributed by atoms with van der Waals surface area (Å²) in [6.45, 7) is 1.20. The number of amides is 3. The van der Waals surface area contributed by atoms with Crippen LogP contribution in [0, 0.1) is 0 Å². The lowest BCUT2D eigenvalue weighted by Gasteiger charge is -2.35. The highest BCUT2D eigenvalue weighted by Crippen LogP contribution is 2.40. The van der Waals surface area contributed by atoms with Crippen molar-refractivity contribution in [1.82, 2.24) is 34.3 Å². The lowest BCUT2D eigenvalue weighted by Crippen LogP contribution is -2.51. The monoisotopic (exact) mass is 827 g/mol. The van der Waals surface area contributed by atoms with Crippen LogP contribution in [0.15, 0.2) is 35.1 Å². The molecule has 2 aromatic heterocycles. The van der Waals surface area contributed by atoms with Gasteiger partial charge in [-0.05, 0) is 72.5 Å². The van der Waals surface area contributed by atoms with Crippen LogP contribution < -0.4 is 27.0 Å². The van der Waals surface area contributed by atoms with E-state index in [0.29, 0.717) is 73.7 Å². The van der Waals surface area contributed by atoms with Crippen molar-refractivity contribution in [2.75, 3.05) is 29.0 Å². The fraction of sp³-hybridized carbons (Fsp3) is 0.543. The standard InChI is InChI=1S/C35H46BrN11O6S/c1-45-30(31(37)49)27(18-39-45)42-32-25(36)17-38-35(44-32)41-21-13-15-46(16-14-21)54(52,53)22-7-2-5-20(6-3-8-22)40-26-10-4-9-23-24(26)19-47(34(23)51)28-11-12-29(48)43-33(28)50/h4,9-10,17-18,20-22,28,34,40,51H,2-3,5-8,11-16,19H2,1H3,(H2,37,49)(H,43,48,50)(H2,38,41,42,44). The van der Waals surface area contributed by atoms with Crippen molar-refractivity contribution >= 4 is 66.8 Å². The molecule has 3 aliphatic heterocycles. The first-order valence-corrected chi connectivity index (χ1v) is 20.7. The SMILES string of the molecule is Cn1ncc(Nc2nc(NC3CCN(S(=O)(=O)C4CCCC(Nc5cccc6c5CN(C5CCC(=O)NC5=O)C6O)CCC4)CC3)ncc2Br)c1C(N)=O. The van der Waals surface area contributed by atoms with E-state index in [9.17, 15) is 27.9 Å². The van der Waals surface area contributed by atoms with E-state index in [1.807, 2.05) is 18.2 Å². The number of primary amides is 1. The number of carbonyl (C=O) groups excluding carboxylic acids is 3. The van der Waals surface area contributed by atoms with Crippen molar-refractivity contribution in [2.45, 2.75) is 100 Å². The van der Waals surface area contributed by atoms with E-state index in [1.54, 1.807) is 22.4 Å². The van der Waals surface area contributed by atoms with Crippen LogP contribution in [0.2, 0.25) is 0 Å². The topological polar surface area (TPSA) is 230 Å².